The molecule has 0 aromatic heterocycles. The zero-order chi connectivity index (χ0) is 14.4. The SMILES string of the molecule is CC(C)CCNC(=O)C(C)Nc1ccc(Cl)cc1Cl. The van der Waals surface area contributed by atoms with Crippen molar-refractivity contribution < 1.29 is 4.79 Å². The number of hydrogen-bond donors (Lipinski definition) is 2. The van der Waals surface area contributed by atoms with Crippen LogP contribution in [-0.2, 0) is 4.79 Å². The van der Waals surface area contributed by atoms with Crippen molar-refractivity contribution in [2.45, 2.75) is 33.2 Å². The van der Waals surface area contributed by atoms with E-state index >= 15 is 0 Å². The highest BCUT2D eigenvalue weighted by atomic mass is 35.5. The number of rotatable bonds is 6. The van der Waals surface area contributed by atoms with E-state index in [9.17, 15) is 4.79 Å². The third-order valence-corrected chi connectivity index (χ3v) is 3.27. The third-order valence-electron chi connectivity index (χ3n) is 2.72. The summed E-state index contributed by atoms with van der Waals surface area (Å²) in [6.45, 7) is 6.75. The van der Waals surface area contributed by atoms with Crippen molar-refractivity contribution in [3.8, 4) is 0 Å². The van der Waals surface area contributed by atoms with Crippen molar-refractivity contribution >= 4 is 34.8 Å². The summed E-state index contributed by atoms with van der Waals surface area (Å²) in [4.78, 5) is 11.9. The van der Waals surface area contributed by atoms with E-state index in [2.05, 4.69) is 24.5 Å². The lowest BCUT2D eigenvalue weighted by atomic mass is 10.1. The maximum Gasteiger partial charge on any atom is 0.242 e. The fourth-order valence-corrected chi connectivity index (χ4v) is 2.01. The van der Waals surface area contributed by atoms with Crippen LogP contribution in [0.4, 0.5) is 5.69 Å². The fraction of sp³-hybridized carbons (Fsp3) is 0.500. The first kappa shape index (κ1) is 16.1. The van der Waals surface area contributed by atoms with Crippen molar-refractivity contribution in [3.63, 3.8) is 0 Å². The molecule has 1 rings (SSSR count). The third kappa shape index (κ3) is 5.70. The monoisotopic (exact) mass is 302 g/mol. The van der Waals surface area contributed by atoms with Gasteiger partial charge < -0.3 is 10.6 Å². The standard InChI is InChI=1S/C14H20Cl2N2O/c1-9(2)6-7-17-14(19)10(3)18-13-5-4-11(15)8-12(13)16/h4-5,8-10,18H,6-7H2,1-3H3,(H,17,19). The Hall–Kier alpha value is -0.930. The summed E-state index contributed by atoms with van der Waals surface area (Å²) in [6.07, 6.45) is 0.972. The Morgan fingerprint density at radius 2 is 1.95 bits per heavy atom. The minimum atomic E-state index is -0.342. The predicted octanol–water partition coefficient (Wildman–Crippen LogP) is 3.96. The van der Waals surface area contributed by atoms with Crippen LogP contribution in [0.2, 0.25) is 10.0 Å². The molecule has 0 fully saturated rings. The molecule has 0 bridgehead atoms. The highest BCUT2D eigenvalue weighted by Gasteiger charge is 2.13. The second-order valence-electron chi connectivity index (χ2n) is 4.96. The largest absolute Gasteiger partial charge is 0.373 e. The normalized spacial score (nSPS) is 12.3. The second kappa shape index (κ2) is 7.61. The van der Waals surface area contributed by atoms with Crippen molar-refractivity contribution in [2.24, 2.45) is 5.92 Å². The molecular formula is C14H20Cl2N2O. The molecule has 0 aliphatic heterocycles. The van der Waals surface area contributed by atoms with Crippen LogP contribution in [0.15, 0.2) is 18.2 Å². The van der Waals surface area contributed by atoms with E-state index in [1.54, 1.807) is 25.1 Å². The Morgan fingerprint density at radius 3 is 2.53 bits per heavy atom. The van der Waals surface area contributed by atoms with Gasteiger partial charge in [-0.1, -0.05) is 37.0 Å². The summed E-state index contributed by atoms with van der Waals surface area (Å²) in [6, 6.07) is 4.81. The van der Waals surface area contributed by atoms with Crippen LogP contribution in [0, 0.1) is 5.92 Å². The molecule has 0 saturated carbocycles. The van der Waals surface area contributed by atoms with E-state index in [1.165, 1.54) is 0 Å². The summed E-state index contributed by atoms with van der Waals surface area (Å²) in [5.74, 6) is 0.543. The molecule has 2 N–H and O–H groups in total. The van der Waals surface area contributed by atoms with Crippen LogP contribution in [0.5, 0.6) is 0 Å². The first-order valence-electron chi connectivity index (χ1n) is 6.39. The maximum atomic E-state index is 11.9. The van der Waals surface area contributed by atoms with Crippen molar-refractivity contribution in [3.05, 3.63) is 28.2 Å². The van der Waals surface area contributed by atoms with Crippen LogP contribution < -0.4 is 10.6 Å². The zero-order valence-electron chi connectivity index (χ0n) is 11.5. The van der Waals surface area contributed by atoms with Gasteiger partial charge in [0.1, 0.15) is 6.04 Å². The van der Waals surface area contributed by atoms with E-state index in [4.69, 9.17) is 23.2 Å². The Balaban J connectivity index is 2.49. The van der Waals surface area contributed by atoms with Gasteiger partial charge in [0, 0.05) is 11.6 Å². The molecule has 1 amide bonds. The van der Waals surface area contributed by atoms with Crippen LogP contribution >= 0.6 is 23.2 Å². The molecule has 1 atom stereocenters. The van der Waals surface area contributed by atoms with Gasteiger partial charge >= 0.3 is 0 Å². The number of amides is 1. The lowest BCUT2D eigenvalue weighted by Crippen LogP contribution is -2.38. The fourth-order valence-electron chi connectivity index (χ4n) is 1.54. The molecule has 0 spiro atoms. The van der Waals surface area contributed by atoms with Crippen molar-refractivity contribution in [2.75, 3.05) is 11.9 Å². The molecule has 3 nitrogen and oxygen atoms in total. The van der Waals surface area contributed by atoms with E-state index in [-0.39, 0.29) is 11.9 Å². The van der Waals surface area contributed by atoms with Crippen LogP contribution in [0.3, 0.4) is 0 Å². The summed E-state index contributed by atoms with van der Waals surface area (Å²) in [5.41, 5.74) is 0.706. The lowest BCUT2D eigenvalue weighted by molar-refractivity contribution is -0.121. The average molecular weight is 303 g/mol. The first-order chi connectivity index (χ1) is 8.90. The Morgan fingerprint density at radius 1 is 1.26 bits per heavy atom. The molecule has 1 aromatic rings. The number of hydrogen-bond acceptors (Lipinski definition) is 2. The van der Waals surface area contributed by atoms with E-state index in [0.29, 0.717) is 28.2 Å². The van der Waals surface area contributed by atoms with Gasteiger partial charge in [-0.2, -0.15) is 0 Å². The number of nitrogens with one attached hydrogen (secondary N) is 2. The summed E-state index contributed by atoms with van der Waals surface area (Å²) in [5, 5.41) is 7.05. The lowest BCUT2D eigenvalue weighted by Gasteiger charge is -2.16. The average Bonchev–Trinajstić information content (AvgIpc) is 2.32. The summed E-state index contributed by atoms with van der Waals surface area (Å²) in [7, 11) is 0. The van der Waals surface area contributed by atoms with Gasteiger partial charge in [0.05, 0.1) is 10.7 Å². The van der Waals surface area contributed by atoms with E-state index < -0.39 is 0 Å². The molecule has 1 aromatic carbocycles. The molecule has 0 aliphatic carbocycles. The molecule has 0 heterocycles. The Kier molecular flexibility index (Phi) is 6.46. The minimum Gasteiger partial charge on any atom is -0.373 e. The molecule has 106 valence electrons. The van der Waals surface area contributed by atoms with Gasteiger partial charge in [0.25, 0.3) is 0 Å². The van der Waals surface area contributed by atoms with Crippen LogP contribution in [-0.4, -0.2) is 18.5 Å². The van der Waals surface area contributed by atoms with E-state index in [0.717, 1.165) is 6.42 Å². The first-order valence-corrected chi connectivity index (χ1v) is 7.15. The van der Waals surface area contributed by atoms with Gasteiger partial charge in [-0.05, 0) is 37.5 Å². The number of anilines is 1. The van der Waals surface area contributed by atoms with Crippen molar-refractivity contribution in [1.82, 2.24) is 5.32 Å². The highest BCUT2D eigenvalue weighted by Crippen LogP contribution is 2.25. The van der Waals surface area contributed by atoms with Gasteiger partial charge in [0.2, 0.25) is 5.91 Å². The Labute approximate surface area is 124 Å². The summed E-state index contributed by atoms with van der Waals surface area (Å²) < 4.78 is 0. The Bertz CT molecular complexity index is 435. The molecular weight excluding hydrogens is 283 g/mol. The van der Waals surface area contributed by atoms with Gasteiger partial charge in [-0.3, -0.25) is 4.79 Å². The molecule has 0 radical (unpaired) electrons. The van der Waals surface area contributed by atoms with Crippen LogP contribution in [0.25, 0.3) is 0 Å². The number of halogens is 2. The zero-order valence-corrected chi connectivity index (χ0v) is 13.0. The van der Waals surface area contributed by atoms with Gasteiger partial charge in [0.15, 0.2) is 0 Å². The minimum absolute atomic E-state index is 0.0355. The number of benzene rings is 1. The number of carbonyl (C=O) groups excluding carboxylic acids is 1. The molecule has 19 heavy (non-hydrogen) atoms. The second-order valence-corrected chi connectivity index (χ2v) is 5.81. The van der Waals surface area contributed by atoms with E-state index in [1.807, 2.05) is 0 Å². The molecule has 0 saturated heterocycles. The highest BCUT2D eigenvalue weighted by molar-refractivity contribution is 6.36. The van der Waals surface area contributed by atoms with Gasteiger partial charge in [-0.25, -0.2) is 0 Å². The smallest absolute Gasteiger partial charge is 0.242 e. The molecule has 0 aliphatic rings. The number of carbonyl (C=O) groups is 1. The quantitative estimate of drug-likeness (QED) is 0.835. The van der Waals surface area contributed by atoms with Crippen molar-refractivity contribution in [1.29, 1.82) is 0 Å². The van der Waals surface area contributed by atoms with Gasteiger partial charge in [-0.15, -0.1) is 0 Å². The topological polar surface area (TPSA) is 41.1 Å². The maximum absolute atomic E-state index is 11.9. The van der Waals surface area contributed by atoms with Crippen LogP contribution in [0.1, 0.15) is 27.2 Å². The molecule has 1 unspecified atom stereocenters. The summed E-state index contributed by atoms with van der Waals surface area (Å²) >= 11 is 11.9. The molecule has 5 heteroatoms. The predicted molar refractivity (Wildman–Crippen MR) is 82.0 cm³/mol.